The number of carbonyl (C=O) groups is 1. The minimum Gasteiger partial charge on any atom is -0.342 e. The molecule has 5 heteroatoms. The van der Waals surface area contributed by atoms with Crippen molar-refractivity contribution in [3.05, 3.63) is 12.7 Å². The Kier molecular flexibility index (Phi) is 4.53. The van der Waals surface area contributed by atoms with Crippen molar-refractivity contribution in [3.63, 3.8) is 0 Å². The van der Waals surface area contributed by atoms with Crippen molar-refractivity contribution in [1.29, 1.82) is 0 Å². The van der Waals surface area contributed by atoms with E-state index in [1.807, 2.05) is 0 Å². The Morgan fingerprint density at radius 2 is 2.00 bits per heavy atom. The number of piperidine rings is 1. The first-order valence-corrected chi connectivity index (χ1v) is 7.36. The van der Waals surface area contributed by atoms with Crippen LogP contribution in [0.25, 0.3) is 0 Å². The van der Waals surface area contributed by atoms with Gasteiger partial charge in [0.25, 0.3) is 0 Å². The summed E-state index contributed by atoms with van der Waals surface area (Å²) in [5.74, 6) is -0.140. The van der Waals surface area contributed by atoms with Crippen LogP contribution in [-0.4, -0.2) is 43.8 Å². The molecule has 0 saturated carbocycles. The summed E-state index contributed by atoms with van der Waals surface area (Å²) in [4.78, 5) is 13.4. The van der Waals surface area contributed by atoms with Gasteiger partial charge < -0.3 is 4.90 Å². The molecule has 1 fully saturated rings. The molecule has 1 aliphatic heterocycles. The molecule has 1 heterocycles. The number of hydrogen-bond acceptors (Lipinski definition) is 3. The Bertz CT molecular complexity index is 353. The average Bonchev–Trinajstić information content (AvgIpc) is 2.17. The molecule has 0 atom stereocenters. The predicted molar refractivity (Wildman–Crippen MR) is 63.8 cm³/mol. The Hall–Kier alpha value is -0.840. The summed E-state index contributed by atoms with van der Waals surface area (Å²) in [6, 6.07) is 0. The van der Waals surface area contributed by atoms with Gasteiger partial charge in [-0.25, -0.2) is 8.42 Å². The zero-order valence-corrected chi connectivity index (χ0v) is 10.5. The van der Waals surface area contributed by atoms with Crippen molar-refractivity contribution in [1.82, 2.24) is 4.90 Å². The standard InChI is InChI=1S/C11H19NO3S/c1-3-8-16(14,15)9-11(13)12-6-4-10(2)5-7-12/h3,10H,1,4-9H2,2H3. The molecule has 0 radical (unpaired) electrons. The second-order valence-electron chi connectivity index (χ2n) is 4.41. The van der Waals surface area contributed by atoms with Gasteiger partial charge in [-0.2, -0.15) is 0 Å². The smallest absolute Gasteiger partial charge is 0.237 e. The van der Waals surface area contributed by atoms with Gasteiger partial charge in [-0.05, 0) is 18.8 Å². The molecule has 0 aromatic heterocycles. The van der Waals surface area contributed by atoms with Gasteiger partial charge >= 0.3 is 0 Å². The summed E-state index contributed by atoms with van der Waals surface area (Å²) in [7, 11) is -3.30. The van der Waals surface area contributed by atoms with Crippen LogP contribution in [0.4, 0.5) is 0 Å². The second-order valence-corrected chi connectivity index (χ2v) is 6.52. The molecule has 4 nitrogen and oxygen atoms in total. The van der Waals surface area contributed by atoms with Gasteiger partial charge in [0.1, 0.15) is 5.75 Å². The number of amides is 1. The van der Waals surface area contributed by atoms with Crippen molar-refractivity contribution in [2.45, 2.75) is 19.8 Å². The third-order valence-corrected chi connectivity index (χ3v) is 4.28. The molecule has 1 saturated heterocycles. The first kappa shape index (κ1) is 13.2. The van der Waals surface area contributed by atoms with Crippen LogP contribution >= 0.6 is 0 Å². The summed E-state index contributed by atoms with van der Waals surface area (Å²) >= 11 is 0. The van der Waals surface area contributed by atoms with E-state index in [2.05, 4.69) is 13.5 Å². The molecule has 92 valence electrons. The van der Waals surface area contributed by atoms with Crippen LogP contribution in [0.3, 0.4) is 0 Å². The minimum atomic E-state index is -3.30. The van der Waals surface area contributed by atoms with E-state index in [4.69, 9.17) is 0 Å². The molecule has 0 aromatic rings. The molecule has 0 aromatic carbocycles. The lowest BCUT2D eigenvalue weighted by molar-refractivity contribution is -0.129. The highest BCUT2D eigenvalue weighted by Crippen LogP contribution is 2.16. The average molecular weight is 245 g/mol. The van der Waals surface area contributed by atoms with Crippen molar-refractivity contribution in [2.75, 3.05) is 24.6 Å². The number of carbonyl (C=O) groups excluding carboxylic acids is 1. The fraction of sp³-hybridized carbons (Fsp3) is 0.727. The van der Waals surface area contributed by atoms with E-state index < -0.39 is 9.84 Å². The van der Waals surface area contributed by atoms with Crippen LogP contribution in [-0.2, 0) is 14.6 Å². The van der Waals surface area contributed by atoms with Gasteiger partial charge in [-0.3, -0.25) is 4.79 Å². The SMILES string of the molecule is C=CCS(=O)(=O)CC(=O)N1CCC(C)CC1. The molecule has 1 rings (SSSR count). The zero-order chi connectivity index (χ0) is 12.2. The summed E-state index contributed by atoms with van der Waals surface area (Å²) in [5, 5.41) is 0. The summed E-state index contributed by atoms with van der Waals surface area (Å²) in [5.41, 5.74) is 0. The van der Waals surface area contributed by atoms with Crippen LogP contribution in [0.1, 0.15) is 19.8 Å². The Labute approximate surface area is 97.2 Å². The monoisotopic (exact) mass is 245 g/mol. The van der Waals surface area contributed by atoms with Crippen LogP contribution in [0.5, 0.6) is 0 Å². The third-order valence-electron chi connectivity index (χ3n) is 2.85. The molecule has 0 N–H and O–H groups in total. The molecule has 1 aliphatic rings. The Morgan fingerprint density at radius 1 is 1.44 bits per heavy atom. The molecule has 1 amide bonds. The topological polar surface area (TPSA) is 54.5 Å². The van der Waals surface area contributed by atoms with Crippen molar-refractivity contribution < 1.29 is 13.2 Å². The number of likely N-dealkylation sites (tertiary alicyclic amines) is 1. The van der Waals surface area contributed by atoms with E-state index in [-0.39, 0.29) is 17.4 Å². The molecular formula is C11H19NO3S. The molecule has 16 heavy (non-hydrogen) atoms. The van der Waals surface area contributed by atoms with Gasteiger partial charge in [0.15, 0.2) is 9.84 Å². The maximum atomic E-state index is 11.7. The van der Waals surface area contributed by atoms with Crippen molar-refractivity contribution in [3.8, 4) is 0 Å². The Balaban J connectivity index is 2.50. The van der Waals surface area contributed by atoms with E-state index in [1.165, 1.54) is 6.08 Å². The first-order valence-electron chi connectivity index (χ1n) is 5.53. The maximum absolute atomic E-state index is 11.7. The predicted octanol–water partition coefficient (Wildman–Crippen LogP) is 0.846. The van der Waals surface area contributed by atoms with Crippen LogP contribution < -0.4 is 0 Å². The normalized spacial score (nSPS) is 18.4. The van der Waals surface area contributed by atoms with E-state index in [9.17, 15) is 13.2 Å². The van der Waals surface area contributed by atoms with Gasteiger partial charge in [0, 0.05) is 13.1 Å². The summed E-state index contributed by atoms with van der Waals surface area (Å²) in [6.45, 7) is 6.89. The highest BCUT2D eigenvalue weighted by molar-refractivity contribution is 7.92. The molecule has 0 spiro atoms. The van der Waals surface area contributed by atoms with E-state index >= 15 is 0 Å². The third kappa shape index (κ3) is 3.96. The van der Waals surface area contributed by atoms with E-state index in [0.717, 1.165) is 12.8 Å². The van der Waals surface area contributed by atoms with Gasteiger partial charge in [-0.1, -0.05) is 13.0 Å². The van der Waals surface area contributed by atoms with Crippen molar-refractivity contribution >= 4 is 15.7 Å². The fourth-order valence-corrected chi connectivity index (χ4v) is 2.81. The van der Waals surface area contributed by atoms with Crippen LogP contribution in [0, 0.1) is 5.92 Å². The van der Waals surface area contributed by atoms with Gasteiger partial charge in [-0.15, -0.1) is 6.58 Å². The second kappa shape index (κ2) is 5.48. The van der Waals surface area contributed by atoms with E-state index in [1.54, 1.807) is 4.90 Å². The quantitative estimate of drug-likeness (QED) is 0.690. The lowest BCUT2D eigenvalue weighted by Gasteiger charge is -2.30. The molecular weight excluding hydrogens is 226 g/mol. The van der Waals surface area contributed by atoms with E-state index in [0.29, 0.717) is 19.0 Å². The lowest BCUT2D eigenvalue weighted by Crippen LogP contribution is -2.41. The first-order chi connectivity index (χ1) is 7.44. The highest BCUT2D eigenvalue weighted by atomic mass is 32.2. The van der Waals surface area contributed by atoms with Crippen LogP contribution in [0.2, 0.25) is 0 Å². The summed E-state index contributed by atoms with van der Waals surface area (Å²) < 4.78 is 22.9. The molecule has 0 unspecified atom stereocenters. The number of hydrogen-bond donors (Lipinski definition) is 0. The minimum absolute atomic E-state index is 0.122. The summed E-state index contributed by atoms with van der Waals surface area (Å²) in [6.07, 6.45) is 3.25. The Morgan fingerprint density at radius 3 is 2.50 bits per heavy atom. The van der Waals surface area contributed by atoms with Gasteiger partial charge in [0.05, 0.1) is 5.75 Å². The molecule has 0 bridgehead atoms. The highest BCUT2D eigenvalue weighted by Gasteiger charge is 2.24. The maximum Gasteiger partial charge on any atom is 0.237 e. The number of rotatable bonds is 4. The lowest BCUT2D eigenvalue weighted by atomic mass is 9.99. The number of sulfone groups is 1. The fourth-order valence-electron chi connectivity index (χ4n) is 1.78. The van der Waals surface area contributed by atoms with Crippen molar-refractivity contribution in [2.24, 2.45) is 5.92 Å². The van der Waals surface area contributed by atoms with Crippen LogP contribution in [0.15, 0.2) is 12.7 Å². The van der Waals surface area contributed by atoms with Gasteiger partial charge in [0.2, 0.25) is 5.91 Å². The molecule has 0 aliphatic carbocycles. The largest absolute Gasteiger partial charge is 0.342 e. The number of nitrogens with zero attached hydrogens (tertiary/aromatic N) is 1. The zero-order valence-electron chi connectivity index (χ0n) is 9.68.